The highest BCUT2D eigenvalue weighted by Crippen LogP contribution is 2.32. The van der Waals surface area contributed by atoms with Crippen molar-refractivity contribution in [3.8, 4) is 0 Å². The third-order valence-electron chi connectivity index (χ3n) is 4.71. The van der Waals surface area contributed by atoms with Gasteiger partial charge in [-0.25, -0.2) is 0 Å². The fraction of sp³-hybridized carbons (Fsp3) is 0.611. The second kappa shape index (κ2) is 6.80. The molecule has 1 amide bonds. The van der Waals surface area contributed by atoms with E-state index in [9.17, 15) is 4.79 Å². The second-order valence-electron chi connectivity index (χ2n) is 6.78. The molecule has 3 rings (SSSR count). The zero-order chi connectivity index (χ0) is 15.5. The lowest BCUT2D eigenvalue weighted by Gasteiger charge is -2.40. The normalized spacial score (nSPS) is 24.0. The van der Waals surface area contributed by atoms with Crippen molar-refractivity contribution in [1.82, 2.24) is 9.80 Å². The number of benzene rings is 1. The van der Waals surface area contributed by atoms with Gasteiger partial charge in [0.15, 0.2) is 0 Å². The monoisotopic (exact) mass is 301 g/mol. The molecule has 4 heteroatoms. The van der Waals surface area contributed by atoms with Crippen LogP contribution < -0.4 is 5.73 Å². The summed E-state index contributed by atoms with van der Waals surface area (Å²) in [5, 5.41) is 0. The van der Waals surface area contributed by atoms with Crippen LogP contribution in [0.5, 0.6) is 0 Å². The third kappa shape index (κ3) is 3.68. The summed E-state index contributed by atoms with van der Waals surface area (Å²) < 4.78 is 0. The molecule has 0 spiro atoms. The van der Waals surface area contributed by atoms with Crippen molar-refractivity contribution >= 4 is 5.91 Å². The molecule has 120 valence electrons. The van der Waals surface area contributed by atoms with E-state index in [0.29, 0.717) is 12.1 Å². The van der Waals surface area contributed by atoms with Gasteiger partial charge in [-0.1, -0.05) is 30.3 Å². The molecular weight excluding hydrogens is 274 g/mol. The summed E-state index contributed by atoms with van der Waals surface area (Å²) in [6.07, 6.45) is 4.56. The topological polar surface area (TPSA) is 49.6 Å². The summed E-state index contributed by atoms with van der Waals surface area (Å²) in [4.78, 5) is 17.1. The molecule has 0 aromatic heterocycles. The van der Waals surface area contributed by atoms with Gasteiger partial charge in [0.1, 0.15) is 0 Å². The van der Waals surface area contributed by atoms with E-state index in [0.717, 1.165) is 45.3 Å². The fourth-order valence-corrected chi connectivity index (χ4v) is 3.49. The van der Waals surface area contributed by atoms with Crippen molar-refractivity contribution in [3.63, 3.8) is 0 Å². The summed E-state index contributed by atoms with van der Waals surface area (Å²) >= 11 is 0. The summed E-state index contributed by atoms with van der Waals surface area (Å²) in [6, 6.07) is 11.0. The number of carbonyl (C=O) groups is 1. The Morgan fingerprint density at radius 3 is 2.64 bits per heavy atom. The smallest absolute Gasteiger partial charge is 0.239 e. The molecule has 1 saturated carbocycles. The molecule has 1 aromatic carbocycles. The van der Waals surface area contributed by atoms with Crippen molar-refractivity contribution in [3.05, 3.63) is 35.9 Å². The lowest BCUT2D eigenvalue weighted by molar-refractivity contribution is -0.136. The van der Waals surface area contributed by atoms with Crippen LogP contribution in [-0.4, -0.2) is 46.9 Å². The molecule has 2 fully saturated rings. The van der Waals surface area contributed by atoms with Gasteiger partial charge in [0.25, 0.3) is 0 Å². The molecule has 2 atom stereocenters. The lowest BCUT2D eigenvalue weighted by Crippen LogP contribution is -2.54. The highest BCUT2D eigenvalue weighted by atomic mass is 16.2. The van der Waals surface area contributed by atoms with E-state index in [1.54, 1.807) is 0 Å². The molecular formula is C18H27N3O. The van der Waals surface area contributed by atoms with E-state index >= 15 is 0 Å². The highest BCUT2D eigenvalue weighted by Gasteiger charge is 2.39. The van der Waals surface area contributed by atoms with Crippen molar-refractivity contribution in [2.75, 3.05) is 13.1 Å². The number of nitrogens with two attached hydrogens (primary N) is 1. The molecule has 1 saturated heterocycles. The molecule has 22 heavy (non-hydrogen) atoms. The number of rotatable bonds is 5. The van der Waals surface area contributed by atoms with Crippen molar-refractivity contribution in [2.24, 2.45) is 5.73 Å². The van der Waals surface area contributed by atoms with Gasteiger partial charge < -0.3 is 10.6 Å². The van der Waals surface area contributed by atoms with E-state index in [2.05, 4.69) is 40.1 Å². The molecule has 2 aliphatic rings. The lowest BCUT2D eigenvalue weighted by atomic mass is 10.0. The summed E-state index contributed by atoms with van der Waals surface area (Å²) in [6.45, 7) is 4.88. The minimum absolute atomic E-state index is 0.133. The molecule has 1 aliphatic heterocycles. The largest absolute Gasteiger partial charge is 0.334 e. The average molecular weight is 301 g/mol. The first kappa shape index (κ1) is 15.5. The van der Waals surface area contributed by atoms with Crippen molar-refractivity contribution < 1.29 is 4.79 Å². The van der Waals surface area contributed by atoms with Crippen LogP contribution in [0.2, 0.25) is 0 Å². The predicted molar refractivity (Wildman–Crippen MR) is 88.3 cm³/mol. The van der Waals surface area contributed by atoms with Gasteiger partial charge in [-0.05, 0) is 44.7 Å². The molecule has 1 unspecified atom stereocenters. The summed E-state index contributed by atoms with van der Waals surface area (Å²) in [5.41, 5.74) is 7.21. The number of likely N-dealkylation sites (tertiary alicyclic amines) is 1. The van der Waals surface area contributed by atoms with Gasteiger partial charge in [-0.3, -0.25) is 9.69 Å². The molecule has 1 aliphatic carbocycles. The highest BCUT2D eigenvalue weighted by molar-refractivity contribution is 5.82. The van der Waals surface area contributed by atoms with Gasteiger partial charge in [-0.2, -0.15) is 0 Å². The molecule has 0 bridgehead atoms. The van der Waals surface area contributed by atoms with Crippen LogP contribution in [-0.2, 0) is 11.3 Å². The molecule has 1 heterocycles. The summed E-state index contributed by atoms with van der Waals surface area (Å²) in [7, 11) is 0. The molecule has 1 aromatic rings. The van der Waals surface area contributed by atoms with E-state index < -0.39 is 0 Å². The SMILES string of the molecule is CC(N)C(=O)N(C1CC1)[C@H]1CCCN(Cc2ccccc2)C1. The minimum Gasteiger partial charge on any atom is -0.334 e. The summed E-state index contributed by atoms with van der Waals surface area (Å²) in [5.74, 6) is 0.133. The average Bonchev–Trinajstić information content (AvgIpc) is 3.33. The maximum absolute atomic E-state index is 12.5. The first-order valence-electron chi connectivity index (χ1n) is 8.49. The predicted octanol–water partition coefficient (Wildman–Crippen LogP) is 1.99. The van der Waals surface area contributed by atoms with Crippen LogP contribution in [0.1, 0.15) is 38.2 Å². The molecule has 4 nitrogen and oxygen atoms in total. The van der Waals surface area contributed by atoms with Crippen LogP contribution >= 0.6 is 0 Å². The van der Waals surface area contributed by atoms with Gasteiger partial charge in [0.2, 0.25) is 5.91 Å². The Hall–Kier alpha value is -1.39. The van der Waals surface area contributed by atoms with Crippen LogP contribution in [0.4, 0.5) is 0 Å². The zero-order valence-electron chi connectivity index (χ0n) is 13.4. The van der Waals surface area contributed by atoms with Crippen LogP contribution in [0.15, 0.2) is 30.3 Å². The maximum atomic E-state index is 12.5. The van der Waals surface area contributed by atoms with E-state index in [-0.39, 0.29) is 11.9 Å². The third-order valence-corrected chi connectivity index (χ3v) is 4.71. The second-order valence-corrected chi connectivity index (χ2v) is 6.78. The Morgan fingerprint density at radius 1 is 1.27 bits per heavy atom. The number of amides is 1. The number of carbonyl (C=O) groups excluding carboxylic acids is 1. The van der Waals surface area contributed by atoms with E-state index in [4.69, 9.17) is 5.73 Å². The molecule has 0 radical (unpaired) electrons. The molecule has 2 N–H and O–H groups in total. The van der Waals surface area contributed by atoms with E-state index in [1.807, 2.05) is 6.92 Å². The zero-order valence-corrected chi connectivity index (χ0v) is 13.4. The Labute approximate surface area is 133 Å². The number of nitrogens with zero attached hydrogens (tertiary/aromatic N) is 2. The van der Waals surface area contributed by atoms with Crippen LogP contribution in [0.25, 0.3) is 0 Å². The Kier molecular flexibility index (Phi) is 4.79. The first-order valence-corrected chi connectivity index (χ1v) is 8.49. The van der Waals surface area contributed by atoms with Crippen molar-refractivity contribution in [2.45, 2.75) is 57.3 Å². The Balaban J connectivity index is 1.65. The Morgan fingerprint density at radius 2 is 2.00 bits per heavy atom. The number of hydrogen-bond acceptors (Lipinski definition) is 3. The first-order chi connectivity index (χ1) is 10.6. The number of hydrogen-bond donors (Lipinski definition) is 1. The van der Waals surface area contributed by atoms with Crippen LogP contribution in [0.3, 0.4) is 0 Å². The fourth-order valence-electron chi connectivity index (χ4n) is 3.49. The van der Waals surface area contributed by atoms with Gasteiger partial charge in [0.05, 0.1) is 6.04 Å². The van der Waals surface area contributed by atoms with Crippen molar-refractivity contribution in [1.29, 1.82) is 0 Å². The number of piperidine rings is 1. The van der Waals surface area contributed by atoms with E-state index in [1.165, 1.54) is 5.56 Å². The Bertz CT molecular complexity index is 498. The standard InChI is InChI=1S/C18H27N3O/c1-14(19)18(22)21(16-9-10-16)17-8-5-11-20(13-17)12-15-6-3-2-4-7-15/h2-4,6-7,14,16-17H,5,8-13,19H2,1H3/t14?,17-/m0/s1. The van der Waals surface area contributed by atoms with Crippen LogP contribution in [0, 0.1) is 0 Å². The maximum Gasteiger partial charge on any atom is 0.239 e. The minimum atomic E-state index is -0.384. The van der Waals surface area contributed by atoms with Gasteiger partial charge >= 0.3 is 0 Å². The van der Waals surface area contributed by atoms with Gasteiger partial charge in [-0.15, -0.1) is 0 Å². The van der Waals surface area contributed by atoms with Gasteiger partial charge in [0, 0.05) is 25.2 Å². The quantitative estimate of drug-likeness (QED) is 0.905.